The number of nitrogens with two attached hydrogens (primary N) is 1. The molecule has 0 aromatic rings. The van der Waals surface area contributed by atoms with E-state index in [1.807, 2.05) is 0 Å². The second kappa shape index (κ2) is 8.57. The SMILES string of the molecule is Cl.Cl.N[C@@H]1CCCC[C@H]1CCN1CCCC1. The van der Waals surface area contributed by atoms with E-state index < -0.39 is 0 Å². The molecule has 2 nitrogen and oxygen atoms in total. The number of nitrogens with zero attached hydrogens (tertiary/aromatic N) is 1. The van der Waals surface area contributed by atoms with Crippen LogP contribution in [0.5, 0.6) is 0 Å². The van der Waals surface area contributed by atoms with Crippen LogP contribution in [0.4, 0.5) is 0 Å². The van der Waals surface area contributed by atoms with Gasteiger partial charge in [0.15, 0.2) is 0 Å². The first-order valence-corrected chi connectivity index (χ1v) is 6.34. The summed E-state index contributed by atoms with van der Waals surface area (Å²) in [6, 6.07) is 0.506. The van der Waals surface area contributed by atoms with Crippen LogP contribution in [0.15, 0.2) is 0 Å². The van der Waals surface area contributed by atoms with Crippen LogP contribution >= 0.6 is 24.8 Å². The molecule has 1 aliphatic carbocycles. The van der Waals surface area contributed by atoms with Gasteiger partial charge in [-0.1, -0.05) is 12.8 Å². The molecular formula is C12H26Cl2N2. The van der Waals surface area contributed by atoms with Gasteiger partial charge >= 0.3 is 0 Å². The lowest BCUT2D eigenvalue weighted by atomic mass is 9.83. The highest BCUT2D eigenvalue weighted by molar-refractivity contribution is 5.85. The standard InChI is InChI=1S/C12H24N2.2ClH/c13-12-6-2-1-5-11(12)7-10-14-8-3-4-9-14;;/h11-12H,1-10,13H2;2*1H/t11-,12+;;/m0../s1. The Morgan fingerprint density at radius 3 is 2.19 bits per heavy atom. The van der Waals surface area contributed by atoms with Crippen LogP contribution in [0.2, 0.25) is 0 Å². The first kappa shape index (κ1) is 16.5. The van der Waals surface area contributed by atoms with Crippen molar-refractivity contribution in [2.24, 2.45) is 11.7 Å². The average molecular weight is 269 g/mol. The number of rotatable bonds is 3. The van der Waals surface area contributed by atoms with Crippen LogP contribution in [0.3, 0.4) is 0 Å². The fourth-order valence-electron chi connectivity index (χ4n) is 2.95. The molecule has 98 valence electrons. The number of hydrogen-bond acceptors (Lipinski definition) is 2. The minimum atomic E-state index is 0. The number of likely N-dealkylation sites (tertiary alicyclic amines) is 1. The molecule has 2 N–H and O–H groups in total. The molecule has 2 fully saturated rings. The van der Waals surface area contributed by atoms with Gasteiger partial charge in [-0.25, -0.2) is 0 Å². The summed E-state index contributed by atoms with van der Waals surface area (Å²) in [7, 11) is 0. The maximum Gasteiger partial charge on any atom is 0.00676 e. The van der Waals surface area contributed by atoms with Crippen LogP contribution in [0.25, 0.3) is 0 Å². The molecule has 16 heavy (non-hydrogen) atoms. The molecule has 0 spiro atoms. The van der Waals surface area contributed by atoms with Gasteiger partial charge in [0.1, 0.15) is 0 Å². The number of halogens is 2. The lowest BCUT2D eigenvalue weighted by molar-refractivity contribution is 0.242. The van der Waals surface area contributed by atoms with Crippen molar-refractivity contribution < 1.29 is 0 Å². The van der Waals surface area contributed by atoms with Crippen molar-refractivity contribution in [3.8, 4) is 0 Å². The predicted octanol–water partition coefficient (Wildman–Crippen LogP) is 2.83. The third-order valence-electron chi connectivity index (χ3n) is 3.98. The van der Waals surface area contributed by atoms with Crippen molar-refractivity contribution in [2.45, 2.75) is 51.0 Å². The molecule has 0 aromatic heterocycles. The van der Waals surface area contributed by atoms with Gasteiger partial charge in [-0.3, -0.25) is 0 Å². The molecule has 1 saturated carbocycles. The van der Waals surface area contributed by atoms with Crippen LogP contribution in [-0.2, 0) is 0 Å². The fraction of sp³-hybridized carbons (Fsp3) is 1.00. The summed E-state index contributed by atoms with van der Waals surface area (Å²) < 4.78 is 0. The van der Waals surface area contributed by atoms with Crippen LogP contribution in [-0.4, -0.2) is 30.6 Å². The largest absolute Gasteiger partial charge is 0.327 e. The summed E-state index contributed by atoms with van der Waals surface area (Å²) in [6.45, 7) is 3.97. The van der Waals surface area contributed by atoms with Crippen molar-refractivity contribution in [1.29, 1.82) is 0 Å². The van der Waals surface area contributed by atoms with E-state index in [0.29, 0.717) is 6.04 Å². The molecule has 1 saturated heterocycles. The van der Waals surface area contributed by atoms with Crippen LogP contribution < -0.4 is 5.73 Å². The summed E-state index contributed by atoms with van der Waals surface area (Å²) in [5, 5.41) is 0. The Hall–Kier alpha value is 0.500. The minimum absolute atomic E-state index is 0. The maximum atomic E-state index is 6.15. The molecule has 2 aliphatic rings. The smallest absolute Gasteiger partial charge is 0.00676 e. The van der Waals surface area contributed by atoms with Gasteiger partial charge in [-0.15, -0.1) is 24.8 Å². The molecule has 0 radical (unpaired) electrons. The van der Waals surface area contributed by atoms with E-state index in [4.69, 9.17) is 5.73 Å². The van der Waals surface area contributed by atoms with Crippen LogP contribution in [0, 0.1) is 5.92 Å². The van der Waals surface area contributed by atoms with E-state index >= 15 is 0 Å². The van der Waals surface area contributed by atoms with Gasteiger partial charge in [0, 0.05) is 6.04 Å². The van der Waals surface area contributed by atoms with E-state index in [1.54, 1.807) is 0 Å². The highest BCUT2D eigenvalue weighted by Crippen LogP contribution is 2.26. The highest BCUT2D eigenvalue weighted by Gasteiger charge is 2.22. The van der Waals surface area contributed by atoms with Gasteiger partial charge in [0.05, 0.1) is 0 Å². The van der Waals surface area contributed by atoms with E-state index in [2.05, 4.69) is 4.90 Å². The average Bonchev–Trinajstić information content (AvgIpc) is 2.69. The second-order valence-electron chi connectivity index (χ2n) is 5.05. The summed E-state index contributed by atoms with van der Waals surface area (Å²) in [5.74, 6) is 0.823. The lowest BCUT2D eigenvalue weighted by Crippen LogP contribution is -2.35. The molecule has 1 heterocycles. The molecule has 1 aliphatic heterocycles. The zero-order chi connectivity index (χ0) is 9.80. The third kappa shape index (κ3) is 4.79. The van der Waals surface area contributed by atoms with Gasteiger partial charge in [-0.05, 0) is 57.7 Å². The Labute approximate surface area is 112 Å². The van der Waals surface area contributed by atoms with E-state index in [1.165, 1.54) is 64.6 Å². The Balaban J connectivity index is 0.00000112. The second-order valence-corrected chi connectivity index (χ2v) is 5.05. The summed E-state index contributed by atoms with van der Waals surface area (Å²) in [4.78, 5) is 2.61. The summed E-state index contributed by atoms with van der Waals surface area (Å²) in [6.07, 6.45) is 9.61. The Bertz CT molecular complexity index is 172. The van der Waals surface area contributed by atoms with E-state index in [0.717, 1.165) is 5.92 Å². The first-order chi connectivity index (χ1) is 6.86. The molecule has 0 amide bonds. The van der Waals surface area contributed by atoms with E-state index in [-0.39, 0.29) is 24.8 Å². The van der Waals surface area contributed by atoms with Crippen molar-refractivity contribution in [1.82, 2.24) is 4.90 Å². The Morgan fingerprint density at radius 2 is 1.56 bits per heavy atom. The van der Waals surface area contributed by atoms with Crippen molar-refractivity contribution in [2.75, 3.05) is 19.6 Å². The molecule has 4 heteroatoms. The monoisotopic (exact) mass is 268 g/mol. The van der Waals surface area contributed by atoms with E-state index in [9.17, 15) is 0 Å². The van der Waals surface area contributed by atoms with Crippen molar-refractivity contribution >= 4 is 24.8 Å². The fourth-order valence-corrected chi connectivity index (χ4v) is 2.95. The zero-order valence-electron chi connectivity index (χ0n) is 10.1. The molecule has 2 atom stereocenters. The summed E-state index contributed by atoms with van der Waals surface area (Å²) in [5.41, 5.74) is 6.15. The van der Waals surface area contributed by atoms with Crippen molar-refractivity contribution in [3.63, 3.8) is 0 Å². The van der Waals surface area contributed by atoms with Gasteiger partial charge in [0.2, 0.25) is 0 Å². The minimum Gasteiger partial charge on any atom is -0.327 e. The Morgan fingerprint density at radius 1 is 0.938 bits per heavy atom. The molecule has 0 aromatic carbocycles. The third-order valence-corrected chi connectivity index (χ3v) is 3.98. The molecule has 2 rings (SSSR count). The van der Waals surface area contributed by atoms with Crippen LogP contribution in [0.1, 0.15) is 44.9 Å². The molecule has 0 bridgehead atoms. The van der Waals surface area contributed by atoms with Gasteiger partial charge in [0.25, 0.3) is 0 Å². The Kier molecular flexibility index (Phi) is 8.84. The highest BCUT2D eigenvalue weighted by atomic mass is 35.5. The topological polar surface area (TPSA) is 29.3 Å². The molecular weight excluding hydrogens is 243 g/mol. The normalized spacial score (nSPS) is 30.6. The predicted molar refractivity (Wildman–Crippen MR) is 74.7 cm³/mol. The first-order valence-electron chi connectivity index (χ1n) is 6.34. The summed E-state index contributed by atoms with van der Waals surface area (Å²) >= 11 is 0. The zero-order valence-corrected chi connectivity index (χ0v) is 11.7. The van der Waals surface area contributed by atoms with Gasteiger partial charge in [-0.2, -0.15) is 0 Å². The quantitative estimate of drug-likeness (QED) is 0.853. The molecule has 0 unspecified atom stereocenters. The maximum absolute atomic E-state index is 6.15. The lowest BCUT2D eigenvalue weighted by Gasteiger charge is -2.29. The van der Waals surface area contributed by atoms with Crippen molar-refractivity contribution in [3.05, 3.63) is 0 Å². The number of hydrogen-bond donors (Lipinski definition) is 1. The van der Waals surface area contributed by atoms with Gasteiger partial charge < -0.3 is 10.6 Å².